The third-order valence-electron chi connectivity index (χ3n) is 2.76. The lowest BCUT2D eigenvalue weighted by molar-refractivity contribution is -0.116. The number of ether oxygens (including phenoxy) is 1. The number of methoxy groups -OCH3 is 1. The minimum atomic E-state index is -1.07. The number of carboxylic acid groups (broad SMARTS) is 1. The number of aromatic carboxylic acids is 1. The van der Waals surface area contributed by atoms with Crippen LogP contribution in [0, 0.1) is 0 Å². The van der Waals surface area contributed by atoms with E-state index >= 15 is 0 Å². The first-order chi connectivity index (χ1) is 10.1. The monoisotopic (exact) mass is 290 g/mol. The van der Waals surface area contributed by atoms with E-state index in [1.54, 1.807) is 0 Å². The summed E-state index contributed by atoms with van der Waals surface area (Å²) in [5.74, 6) is -0.948. The van der Waals surface area contributed by atoms with Crippen molar-refractivity contribution >= 4 is 17.6 Å². The minimum Gasteiger partial charge on any atom is -0.495 e. The molecule has 2 aromatic rings. The first-order valence-electron chi connectivity index (χ1n) is 6.13. The van der Waals surface area contributed by atoms with Crippen LogP contribution in [0.2, 0.25) is 0 Å². The quantitative estimate of drug-likeness (QED) is 0.822. The number of anilines is 1. The van der Waals surface area contributed by atoms with Crippen molar-refractivity contribution in [3.8, 4) is 5.75 Å². The largest absolute Gasteiger partial charge is 0.495 e. The number of nitrogens with zero attached hydrogens (tertiary/aromatic N) is 3. The normalized spacial score (nSPS) is 10.1. The zero-order valence-corrected chi connectivity index (χ0v) is 11.3. The number of hydrogen-bond acceptors (Lipinski definition) is 5. The highest BCUT2D eigenvalue weighted by atomic mass is 16.5. The Balaban J connectivity index is 2.04. The molecule has 0 bridgehead atoms. The lowest BCUT2D eigenvalue weighted by Gasteiger charge is -2.11. The summed E-state index contributed by atoms with van der Waals surface area (Å²) in [4.78, 5) is 26.6. The molecule has 8 heteroatoms. The van der Waals surface area contributed by atoms with Gasteiger partial charge in [-0.15, -0.1) is 0 Å². The number of carbonyl (C=O) groups excluding carboxylic acids is 1. The van der Waals surface area contributed by atoms with Gasteiger partial charge in [-0.1, -0.05) is 0 Å². The van der Waals surface area contributed by atoms with Gasteiger partial charge < -0.3 is 15.2 Å². The Labute approximate surface area is 120 Å². The van der Waals surface area contributed by atoms with Crippen LogP contribution in [0.4, 0.5) is 5.69 Å². The summed E-state index contributed by atoms with van der Waals surface area (Å²) in [6.07, 6.45) is 3.08. The summed E-state index contributed by atoms with van der Waals surface area (Å²) in [5, 5.41) is 15.5. The van der Waals surface area contributed by atoms with Crippen molar-refractivity contribution in [2.45, 2.75) is 13.0 Å². The van der Waals surface area contributed by atoms with E-state index in [-0.39, 0.29) is 17.9 Å². The maximum absolute atomic E-state index is 11.9. The molecule has 0 aliphatic rings. The molecule has 0 fully saturated rings. The predicted octanol–water partition coefficient (Wildman–Crippen LogP) is 1.01. The summed E-state index contributed by atoms with van der Waals surface area (Å²) in [7, 11) is 1.45. The molecule has 0 aliphatic heterocycles. The number of aryl methyl sites for hydroxylation is 1. The van der Waals surface area contributed by atoms with Gasteiger partial charge in [-0.3, -0.25) is 9.48 Å². The first kappa shape index (κ1) is 14.5. The summed E-state index contributed by atoms with van der Waals surface area (Å²) in [6, 6.07) is 4.26. The average molecular weight is 290 g/mol. The number of rotatable bonds is 6. The SMILES string of the molecule is COc1ccc(C(=O)O)cc1NC(=O)CCn1cncn1. The van der Waals surface area contributed by atoms with Gasteiger partial charge in [-0.2, -0.15) is 5.10 Å². The minimum absolute atomic E-state index is 0.0716. The van der Waals surface area contributed by atoms with E-state index in [2.05, 4.69) is 15.4 Å². The van der Waals surface area contributed by atoms with Crippen molar-refractivity contribution < 1.29 is 19.4 Å². The number of carboxylic acids is 1. The molecule has 2 N–H and O–H groups in total. The highest BCUT2D eigenvalue weighted by Gasteiger charge is 2.11. The van der Waals surface area contributed by atoms with Gasteiger partial charge in [0.1, 0.15) is 18.4 Å². The fourth-order valence-electron chi connectivity index (χ4n) is 1.72. The number of carbonyl (C=O) groups is 2. The topological polar surface area (TPSA) is 106 Å². The molecule has 0 saturated carbocycles. The number of nitrogens with one attached hydrogen (secondary N) is 1. The average Bonchev–Trinajstić information content (AvgIpc) is 2.98. The van der Waals surface area contributed by atoms with Gasteiger partial charge in [0, 0.05) is 6.42 Å². The third-order valence-corrected chi connectivity index (χ3v) is 2.76. The molecule has 110 valence electrons. The number of hydrogen-bond donors (Lipinski definition) is 2. The molecule has 0 radical (unpaired) electrons. The molecule has 1 aromatic heterocycles. The molecule has 0 atom stereocenters. The Morgan fingerprint density at radius 2 is 2.24 bits per heavy atom. The van der Waals surface area contributed by atoms with Crippen molar-refractivity contribution in [3.63, 3.8) is 0 Å². The van der Waals surface area contributed by atoms with Gasteiger partial charge in [0.05, 0.1) is 24.9 Å². The zero-order valence-electron chi connectivity index (χ0n) is 11.3. The summed E-state index contributed by atoms with van der Waals surface area (Å²) >= 11 is 0. The second-order valence-electron chi connectivity index (χ2n) is 4.18. The molecule has 0 aliphatic carbocycles. The maximum Gasteiger partial charge on any atom is 0.335 e. The van der Waals surface area contributed by atoms with E-state index in [0.29, 0.717) is 18.0 Å². The van der Waals surface area contributed by atoms with E-state index in [1.807, 2.05) is 0 Å². The van der Waals surface area contributed by atoms with Crippen LogP contribution in [0.1, 0.15) is 16.8 Å². The van der Waals surface area contributed by atoms with Crippen LogP contribution in [-0.4, -0.2) is 38.9 Å². The van der Waals surface area contributed by atoms with Gasteiger partial charge in [0.2, 0.25) is 5.91 Å². The molecular weight excluding hydrogens is 276 g/mol. The van der Waals surface area contributed by atoms with Crippen molar-refractivity contribution in [2.24, 2.45) is 0 Å². The Kier molecular flexibility index (Phi) is 4.50. The molecule has 0 spiro atoms. The van der Waals surface area contributed by atoms with E-state index in [4.69, 9.17) is 9.84 Å². The van der Waals surface area contributed by atoms with Crippen LogP contribution in [0.5, 0.6) is 5.75 Å². The first-order valence-corrected chi connectivity index (χ1v) is 6.13. The van der Waals surface area contributed by atoms with Gasteiger partial charge >= 0.3 is 5.97 Å². The lowest BCUT2D eigenvalue weighted by Crippen LogP contribution is -2.15. The summed E-state index contributed by atoms with van der Waals surface area (Å²) in [6.45, 7) is 0.382. The van der Waals surface area contributed by atoms with Crippen LogP contribution in [-0.2, 0) is 11.3 Å². The van der Waals surface area contributed by atoms with Gasteiger partial charge in [-0.05, 0) is 18.2 Å². The number of benzene rings is 1. The van der Waals surface area contributed by atoms with Crippen LogP contribution in [0.3, 0.4) is 0 Å². The second kappa shape index (κ2) is 6.51. The third kappa shape index (κ3) is 3.78. The summed E-state index contributed by atoms with van der Waals surface area (Å²) < 4.78 is 6.63. The zero-order chi connectivity index (χ0) is 15.2. The van der Waals surface area contributed by atoms with Gasteiger partial charge in [0.25, 0.3) is 0 Å². The highest BCUT2D eigenvalue weighted by molar-refractivity contribution is 5.95. The van der Waals surface area contributed by atoms with E-state index in [9.17, 15) is 9.59 Å². The summed E-state index contributed by atoms with van der Waals surface area (Å²) in [5.41, 5.74) is 0.392. The number of aromatic nitrogens is 3. The Morgan fingerprint density at radius 1 is 1.43 bits per heavy atom. The van der Waals surface area contributed by atoms with Crippen LogP contribution in [0.15, 0.2) is 30.9 Å². The molecule has 8 nitrogen and oxygen atoms in total. The second-order valence-corrected chi connectivity index (χ2v) is 4.18. The Bertz CT molecular complexity index is 640. The molecule has 21 heavy (non-hydrogen) atoms. The standard InChI is InChI=1S/C13H14N4O4/c1-21-11-3-2-9(13(19)20)6-10(11)16-12(18)4-5-17-8-14-7-15-17/h2-3,6-8H,4-5H2,1H3,(H,16,18)(H,19,20). The van der Waals surface area contributed by atoms with Crippen molar-refractivity contribution in [1.82, 2.24) is 14.8 Å². The molecule has 1 amide bonds. The maximum atomic E-state index is 11.9. The predicted molar refractivity (Wildman–Crippen MR) is 73.2 cm³/mol. The highest BCUT2D eigenvalue weighted by Crippen LogP contribution is 2.25. The van der Waals surface area contributed by atoms with E-state index in [0.717, 1.165) is 0 Å². The van der Waals surface area contributed by atoms with Gasteiger partial charge in [0.15, 0.2) is 0 Å². The molecule has 1 aromatic carbocycles. The molecule has 0 saturated heterocycles. The Morgan fingerprint density at radius 3 is 2.86 bits per heavy atom. The lowest BCUT2D eigenvalue weighted by atomic mass is 10.2. The molecule has 1 heterocycles. The van der Waals surface area contributed by atoms with Crippen molar-refractivity contribution in [3.05, 3.63) is 36.4 Å². The van der Waals surface area contributed by atoms with Crippen molar-refractivity contribution in [1.29, 1.82) is 0 Å². The van der Waals surface area contributed by atoms with E-state index in [1.165, 1.54) is 42.6 Å². The van der Waals surface area contributed by atoms with Crippen LogP contribution >= 0.6 is 0 Å². The molecular formula is C13H14N4O4. The van der Waals surface area contributed by atoms with Crippen LogP contribution < -0.4 is 10.1 Å². The fraction of sp³-hybridized carbons (Fsp3) is 0.231. The Hall–Kier alpha value is -2.90. The smallest absolute Gasteiger partial charge is 0.335 e. The van der Waals surface area contributed by atoms with Crippen LogP contribution in [0.25, 0.3) is 0 Å². The fourth-order valence-corrected chi connectivity index (χ4v) is 1.72. The molecule has 0 unspecified atom stereocenters. The van der Waals surface area contributed by atoms with E-state index < -0.39 is 5.97 Å². The molecule has 2 rings (SSSR count). The van der Waals surface area contributed by atoms with Crippen molar-refractivity contribution in [2.75, 3.05) is 12.4 Å². The van der Waals surface area contributed by atoms with Gasteiger partial charge in [-0.25, -0.2) is 9.78 Å². The number of amides is 1.